The van der Waals surface area contributed by atoms with Crippen molar-refractivity contribution in [3.63, 3.8) is 0 Å². The van der Waals surface area contributed by atoms with Gasteiger partial charge in [0.2, 0.25) is 10.0 Å². The van der Waals surface area contributed by atoms with Crippen LogP contribution in [0.2, 0.25) is 0 Å². The van der Waals surface area contributed by atoms with Crippen molar-refractivity contribution in [1.82, 2.24) is 4.31 Å². The average Bonchev–Trinajstić information content (AvgIpc) is 2.25. The molecule has 1 aliphatic rings. The van der Waals surface area contributed by atoms with Crippen LogP contribution in [0.3, 0.4) is 0 Å². The van der Waals surface area contributed by atoms with Crippen molar-refractivity contribution in [3.05, 3.63) is 23.8 Å². The van der Waals surface area contributed by atoms with Gasteiger partial charge in [0.1, 0.15) is 4.90 Å². The number of hydrogen-bond acceptors (Lipinski definition) is 4. The van der Waals surface area contributed by atoms with E-state index in [4.69, 9.17) is 10.5 Å². The van der Waals surface area contributed by atoms with Gasteiger partial charge in [-0.1, -0.05) is 12.1 Å². The van der Waals surface area contributed by atoms with Gasteiger partial charge in [-0.2, -0.15) is 4.31 Å². The smallest absolute Gasteiger partial charge is 0.245 e. The number of morpholine rings is 1. The normalized spacial score (nSPS) is 23.7. The van der Waals surface area contributed by atoms with Crippen molar-refractivity contribution in [3.8, 4) is 0 Å². The fraction of sp³-hybridized carbons (Fsp3) is 0.571. The third kappa shape index (κ3) is 2.82. The van der Waals surface area contributed by atoms with Crippen LogP contribution in [0.15, 0.2) is 23.1 Å². The summed E-state index contributed by atoms with van der Waals surface area (Å²) >= 11 is 0. The van der Waals surface area contributed by atoms with E-state index >= 15 is 0 Å². The Morgan fingerprint density at radius 2 is 2.05 bits per heavy atom. The van der Waals surface area contributed by atoms with E-state index in [1.54, 1.807) is 25.1 Å². The van der Waals surface area contributed by atoms with Crippen molar-refractivity contribution in [1.29, 1.82) is 0 Å². The molecule has 0 amide bonds. The largest absolute Gasteiger partial charge is 0.398 e. The molecule has 0 aliphatic carbocycles. The summed E-state index contributed by atoms with van der Waals surface area (Å²) in [5, 5.41) is 0. The Labute approximate surface area is 120 Å². The van der Waals surface area contributed by atoms with E-state index in [1.807, 2.05) is 20.8 Å². The molecule has 0 spiro atoms. The first-order valence-electron chi connectivity index (χ1n) is 6.66. The van der Waals surface area contributed by atoms with Crippen molar-refractivity contribution in [2.75, 3.05) is 18.8 Å². The van der Waals surface area contributed by atoms with Crippen LogP contribution in [0, 0.1) is 6.92 Å². The minimum absolute atomic E-state index is 0.140. The third-order valence-corrected chi connectivity index (χ3v) is 5.41. The number of nitrogens with zero attached hydrogens (tertiary/aromatic N) is 1. The molecule has 2 N–H and O–H groups in total. The molecule has 1 aromatic carbocycles. The molecule has 1 aromatic rings. The zero-order valence-electron chi connectivity index (χ0n) is 12.4. The molecule has 0 radical (unpaired) electrons. The summed E-state index contributed by atoms with van der Waals surface area (Å²) in [5.41, 5.74) is 6.34. The van der Waals surface area contributed by atoms with Crippen molar-refractivity contribution >= 4 is 15.7 Å². The molecule has 1 saturated heterocycles. The minimum Gasteiger partial charge on any atom is -0.398 e. The molecule has 2 rings (SSSR count). The molecule has 5 nitrogen and oxygen atoms in total. The van der Waals surface area contributed by atoms with E-state index in [2.05, 4.69) is 0 Å². The van der Waals surface area contributed by atoms with Gasteiger partial charge < -0.3 is 10.5 Å². The Morgan fingerprint density at radius 1 is 1.40 bits per heavy atom. The van der Waals surface area contributed by atoms with Gasteiger partial charge in [-0.25, -0.2) is 8.42 Å². The number of nitrogen functional groups attached to an aromatic ring is 1. The van der Waals surface area contributed by atoms with Crippen LogP contribution < -0.4 is 5.73 Å². The summed E-state index contributed by atoms with van der Waals surface area (Å²) in [6.07, 6.45) is -0.140. The van der Waals surface area contributed by atoms with Crippen LogP contribution >= 0.6 is 0 Å². The first kappa shape index (κ1) is 15.3. The van der Waals surface area contributed by atoms with Gasteiger partial charge in [0.25, 0.3) is 0 Å². The number of aryl methyl sites for hydroxylation is 1. The predicted molar refractivity (Wildman–Crippen MR) is 79.0 cm³/mol. The van der Waals surface area contributed by atoms with Gasteiger partial charge in [-0.05, 0) is 39.3 Å². The maximum absolute atomic E-state index is 12.9. The van der Waals surface area contributed by atoms with Crippen molar-refractivity contribution < 1.29 is 13.2 Å². The minimum atomic E-state index is -3.60. The molecular formula is C14H22N2O3S. The Balaban J connectivity index is 2.45. The van der Waals surface area contributed by atoms with Gasteiger partial charge in [0.15, 0.2) is 0 Å². The zero-order valence-corrected chi connectivity index (χ0v) is 13.2. The molecule has 6 heteroatoms. The first-order chi connectivity index (χ1) is 9.13. The van der Waals surface area contributed by atoms with Gasteiger partial charge in [-0.15, -0.1) is 0 Å². The number of ether oxygens (including phenoxy) is 1. The second-order valence-electron chi connectivity index (χ2n) is 5.98. The average molecular weight is 298 g/mol. The highest BCUT2D eigenvalue weighted by atomic mass is 32.2. The van der Waals surface area contributed by atoms with E-state index in [1.165, 1.54) is 4.31 Å². The summed E-state index contributed by atoms with van der Waals surface area (Å²) in [6.45, 7) is 8.11. The summed E-state index contributed by atoms with van der Waals surface area (Å²) in [7, 11) is -3.60. The van der Waals surface area contributed by atoms with Gasteiger partial charge >= 0.3 is 0 Å². The van der Waals surface area contributed by atoms with Crippen molar-refractivity contribution in [2.45, 2.75) is 44.3 Å². The van der Waals surface area contributed by atoms with Crippen LogP contribution in [-0.4, -0.2) is 37.5 Å². The monoisotopic (exact) mass is 298 g/mol. The van der Waals surface area contributed by atoms with E-state index < -0.39 is 15.6 Å². The SMILES string of the molecule is Cc1cccc(N)c1S(=O)(=O)N1CC(C)OC(C)(C)C1. The number of sulfonamides is 1. The molecule has 1 unspecified atom stereocenters. The van der Waals surface area contributed by atoms with Crippen LogP contribution in [0.5, 0.6) is 0 Å². The van der Waals surface area contributed by atoms with Crippen LogP contribution in [0.1, 0.15) is 26.3 Å². The number of anilines is 1. The highest BCUT2D eigenvalue weighted by Gasteiger charge is 2.39. The number of nitrogens with two attached hydrogens (primary N) is 1. The molecule has 1 fully saturated rings. The second kappa shape index (κ2) is 5.02. The number of rotatable bonds is 2. The number of benzene rings is 1. The quantitative estimate of drug-likeness (QED) is 0.845. The fourth-order valence-electron chi connectivity index (χ4n) is 2.73. The predicted octanol–water partition coefficient (Wildman–Crippen LogP) is 1.77. The lowest BCUT2D eigenvalue weighted by atomic mass is 10.1. The highest BCUT2D eigenvalue weighted by Crippen LogP contribution is 2.30. The van der Waals surface area contributed by atoms with Crippen LogP contribution in [0.25, 0.3) is 0 Å². The topological polar surface area (TPSA) is 72.6 Å². The van der Waals surface area contributed by atoms with Crippen molar-refractivity contribution in [2.24, 2.45) is 0 Å². The maximum atomic E-state index is 12.9. The third-order valence-electron chi connectivity index (χ3n) is 3.38. The van der Waals surface area contributed by atoms with Gasteiger partial charge in [0.05, 0.1) is 17.4 Å². The van der Waals surface area contributed by atoms with E-state index in [0.29, 0.717) is 24.3 Å². The lowest BCUT2D eigenvalue weighted by Gasteiger charge is -2.41. The molecule has 1 atom stereocenters. The van der Waals surface area contributed by atoms with Gasteiger partial charge in [-0.3, -0.25) is 0 Å². The van der Waals surface area contributed by atoms with E-state index in [0.717, 1.165) is 0 Å². The van der Waals surface area contributed by atoms with E-state index in [-0.39, 0.29) is 11.0 Å². The Hall–Kier alpha value is -1.11. The molecule has 0 saturated carbocycles. The molecule has 20 heavy (non-hydrogen) atoms. The Bertz CT molecular complexity index is 591. The van der Waals surface area contributed by atoms with Crippen LogP contribution in [-0.2, 0) is 14.8 Å². The highest BCUT2D eigenvalue weighted by molar-refractivity contribution is 7.89. The molecule has 0 aromatic heterocycles. The molecule has 1 heterocycles. The second-order valence-corrected chi connectivity index (χ2v) is 7.85. The summed E-state index contributed by atoms with van der Waals surface area (Å²) < 4.78 is 32.9. The Kier molecular flexibility index (Phi) is 3.83. The Morgan fingerprint density at radius 3 is 2.60 bits per heavy atom. The summed E-state index contributed by atoms with van der Waals surface area (Å²) in [4.78, 5) is 0.213. The lowest BCUT2D eigenvalue weighted by molar-refractivity contribution is -0.109. The van der Waals surface area contributed by atoms with Gasteiger partial charge in [0, 0.05) is 13.1 Å². The number of hydrogen-bond donors (Lipinski definition) is 1. The first-order valence-corrected chi connectivity index (χ1v) is 8.10. The summed E-state index contributed by atoms with van der Waals surface area (Å²) in [5.74, 6) is 0. The zero-order chi connectivity index (χ0) is 15.1. The molecule has 0 bridgehead atoms. The summed E-state index contributed by atoms with van der Waals surface area (Å²) in [6, 6.07) is 5.14. The maximum Gasteiger partial charge on any atom is 0.245 e. The fourth-order valence-corrected chi connectivity index (χ4v) is 4.72. The molecule has 112 valence electrons. The van der Waals surface area contributed by atoms with Crippen LogP contribution in [0.4, 0.5) is 5.69 Å². The molecular weight excluding hydrogens is 276 g/mol. The molecule has 1 aliphatic heterocycles. The lowest BCUT2D eigenvalue weighted by Crippen LogP contribution is -2.53. The van der Waals surface area contributed by atoms with E-state index in [9.17, 15) is 8.42 Å². The standard InChI is InChI=1S/C14H22N2O3S/c1-10-6-5-7-12(15)13(10)20(17,18)16-8-11(2)19-14(3,4)9-16/h5-7,11H,8-9,15H2,1-4H3.